The Kier molecular flexibility index (Phi) is 6.77. The molecule has 0 aliphatic heterocycles. The van der Waals surface area contributed by atoms with Crippen molar-refractivity contribution in [1.29, 1.82) is 0 Å². The molecule has 1 rings (SSSR count). The van der Waals surface area contributed by atoms with Crippen LogP contribution in [0.2, 0.25) is 0 Å². The van der Waals surface area contributed by atoms with Crippen molar-refractivity contribution in [2.75, 3.05) is 13.2 Å². The lowest BCUT2D eigenvalue weighted by Gasteiger charge is -2.12. The minimum atomic E-state index is -0.303. The summed E-state index contributed by atoms with van der Waals surface area (Å²) in [6.45, 7) is 6.31. The fraction of sp³-hybridized carbons (Fsp3) is 0.500. The zero-order valence-electron chi connectivity index (χ0n) is 12.4. The minimum absolute atomic E-state index is 0.212. The molecule has 0 atom stereocenters. The highest BCUT2D eigenvalue weighted by Crippen LogP contribution is 2.19. The second kappa shape index (κ2) is 8.35. The summed E-state index contributed by atoms with van der Waals surface area (Å²) in [5, 5.41) is 0. The summed E-state index contributed by atoms with van der Waals surface area (Å²) >= 11 is 0. The van der Waals surface area contributed by atoms with E-state index in [1.165, 1.54) is 0 Å². The van der Waals surface area contributed by atoms with Crippen molar-refractivity contribution in [3.63, 3.8) is 0 Å². The molecule has 0 heterocycles. The predicted molar refractivity (Wildman–Crippen MR) is 76.7 cm³/mol. The van der Waals surface area contributed by atoms with Gasteiger partial charge in [-0.25, -0.2) is 4.79 Å². The second-order valence-electron chi connectivity index (χ2n) is 4.32. The highest BCUT2D eigenvalue weighted by molar-refractivity contribution is 5.91. The quantitative estimate of drug-likeness (QED) is 0.720. The van der Waals surface area contributed by atoms with Crippen LogP contribution in [-0.2, 0) is 27.1 Å². The molecule has 0 N–H and O–H groups in total. The molecule has 0 saturated carbocycles. The molecule has 0 unspecified atom stereocenters. The van der Waals surface area contributed by atoms with Gasteiger partial charge in [-0.1, -0.05) is 19.1 Å². The van der Waals surface area contributed by atoms with E-state index in [9.17, 15) is 9.59 Å². The molecule has 1 aromatic carbocycles. The van der Waals surface area contributed by atoms with Gasteiger partial charge in [0.1, 0.15) is 0 Å². The Balaban J connectivity index is 2.88. The Morgan fingerprint density at radius 1 is 1.05 bits per heavy atom. The lowest BCUT2D eigenvalue weighted by atomic mass is 9.96. The van der Waals surface area contributed by atoms with E-state index >= 15 is 0 Å². The van der Waals surface area contributed by atoms with Crippen LogP contribution in [0, 0.1) is 0 Å². The van der Waals surface area contributed by atoms with E-state index in [1.54, 1.807) is 19.9 Å². The number of aryl methyl sites for hydroxylation is 1. The zero-order chi connectivity index (χ0) is 15.0. The molecule has 0 aliphatic carbocycles. The van der Waals surface area contributed by atoms with E-state index in [0.717, 1.165) is 17.5 Å². The van der Waals surface area contributed by atoms with Crippen LogP contribution in [0.15, 0.2) is 18.2 Å². The minimum Gasteiger partial charge on any atom is -0.466 e. The molecule has 0 fully saturated rings. The van der Waals surface area contributed by atoms with E-state index in [-0.39, 0.29) is 11.9 Å². The SMILES string of the molecule is CCOC(=O)CCc1cccc(C(=O)OCC)c1CC. The van der Waals surface area contributed by atoms with Crippen molar-refractivity contribution in [3.05, 3.63) is 34.9 Å². The van der Waals surface area contributed by atoms with Crippen LogP contribution in [0.4, 0.5) is 0 Å². The van der Waals surface area contributed by atoms with E-state index in [0.29, 0.717) is 31.6 Å². The lowest BCUT2D eigenvalue weighted by molar-refractivity contribution is -0.143. The summed E-state index contributed by atoms with van der Waals surface area (Å²) in [6, 6.07) is 5.54. The monoisotopic (exact) mass is 278 g/mol. The first-order valence-corrected chi connectivity index (χ1v) is 7.07. The van der Waals surface area contributed by atoms with Crippen LogP contribution < -0.4 is 0 Å². The molecule has 4 nitrogen and oxygen atoms in total. The summed E-state index contributed by atoms with van der Waals surface area (Å²) in [4.78, 5) is 23.3. The van der Waals surface area contributed by atoms with Crippen LogP contribution in [0.25, 0.3) is 0 Å². The van der Waals surface area contributed by atoms with E-state index in [4.69, 9.17) is 9.47 Å². The van der Waals surface area contributed by atoms with Gasteiger partial charge in [0.2, 0.25) is 0 Å². The van der Waals surface area contributed by atoms with Gasteiger partial charge in [0.15, 0.2) is 0 Å². The van der Waals surface area contributed by atoms with Crippen molar-refractivity contribution < 1.29 is 19.1 Å². The van der Waals surface area contributed by atoms with Crippen LogP contribution in [0.5, 0.6) is 0 Å². The second-order valence-corrected chi connectivity index (χ2v) is 4.32. The summed E-state index contributed by atoms with van der Waals surface area (Å²) in [6.07, 6.45) is 1.63. The number of benzene rings is 1. The van der Waals surface area contributed by atoms with Gasteiger partial charge < -0.3 is 9.47 Å². The number of carbonyl (C=O) groups is 2. The van der Waals surface area contributed by atoms with E-state index in [1.807, 2.05) is 19.1 Å². The third kappa shape index (κ3) is 4.37. The van der Waals surface area contributed by atoms with Gasteiger partial charge in [-0.3, -0.25) is 4.79 Å². The van der Waals surface area contributed by atoms with Gasteiger partial charge in [-0.05, 0) is 43.9 Å². The Bertz CT molecular complexity index is 466. The Morgan fingerprint density at radius 3 is 2.35 bits per heavy atom. The van der Waals surface area contributed by atoms with Crippen LogP contribution in [0.1, 0.15) is 48.7 Å². The summed E-state index contributed by atoms with van der Waals surface area (Å²) < 4.78 is 9.98. The Labute approximate surface area is 120 Å². The van der Waals surface area contributed by atoms with Crippen LogP contribution >= 0.6 is 0 Å². The number of ether oxygens (including phenoxy) is 2. The van der Waals surface area contributed by atoms with E-state index in [2.05, 4.69) is 0 Å². The highest BCUT2D eigenvalue weighted by atomic mass is 16.5. The lowest BCUT2D eigenvalue weighted by Crippen LogP contribution is -2.11. The normalized spacial score (nSPS) is 10.2. The first kappa shape index (κ1) is 16.2. The van der Waals surface area contributed by atoms with Gasteiger partial charge in [-0.15, -0.1) is 0 Å². The first-order chi connectivity index (χ1) is 9.63. The van der Waals surface area contributed by atoms with Crippen LogP contribution in [0.3, 0.4) is 0 Å². The fourth-order valence-electron chi connectivity index (χ4n) is 2.16. The van der Waals surface area contributed by atoms with E-state index < -0.39 is 0 Å². The third-order valence-electron chi connectivity index (χ3n) is 3.03. The Morgan fingerprint density at radius 2 is 1.75 bits per heavy atom. The van der Waals surface area contributed by atoms with Gasteiger partial charge in [0, 0.05) is 6.42 Å². The molecule has 0 bridgehead atoms. The number of hydrogen-bond acceptors (Lipinski definition) is 4. The molecule has 0 amide bonds. The molecule has 0 radical (unpaired) electrons. The van der Waals surface area contributed by atoms with Crippen molar-refractivity contribution >= 4 is 11.9 Å². The highest BCUT2D eigenvalue weighted by Gasteiger charge is 2.15. The molecule has 0 aliphatic rings. The predicted octanol–water partition coefficient (Wildman–Crippen LogP) is 2.92. The average Bonchev–Trinajstić information content (AvgIpc) is 2.45. The summed E-state index contributed by atoms with van der Waals surface area (Å²) in [5.74, 6) is -0.515. The smallest absolute Gasteiger partial charge is 0.338 e. The molecular formula is C16H22O4. The number of carbonyl (C=O) groups excluding carboxylic acids is 2. The molecular weight excluding hydrogens is 256 g/mol. The topological polar surface area (TPSA) is 52.6 Å². The number of esters is 2. The van der Waals surface area contributed by atoms with Crippen molar-refractivity contribution in [2.45, 2.75) is 40.0 Å². The Hall–Kier alpha value is -1.84. The first-order valence-electron chi connectivity index (χ1n) is 7.07. The van der Waals surface area contributed by atoms with Crippen molar-refractivity contribution in [1.82, 2.24) is 0 Å². The third-order valence-corrected chi connectivity index (χ3v) is 3.03. The molecule has 0 aromatic heterocycles. The summed E-state index contributed by atoms with van der Waals surface area (Å²) in [7, 11) is 0. The molecule has 110 valence electrons. The van der Waals surface area contributed by atoms with Gasteiger partial charge in [-0.2, -0.15) is 0 Å². The van der Waals surface area contributed by atoms with Crippen molar-refractivity contribution in [2.24, 2.45) is 0 Å². The maximum absolute atomic E-state index is 11.9. The molecule has 20 heavy (non-hydrogen) atoms. The zero-order valence-corrected chi connectivity index (χ0v) is 12.4. The molecule has 4 heteroatoms. The summed E-state index contributed by atoms with van der Waals surface area (Å²) in [5.41, 5.74) is 2.55. The standard InChI is InChI=1S/C16H22O4/c1-4-13-12(10-11-15(17)19-5-2)8-7-9-14(13)16(18)20-6-3/h7-9H,4-6,10-11H2,1-3H3. The fourth-order valence-corrected chi connectivity index (χ4v) is 2.16. The largest absolute Gasteiger partial charge is 0.466 e. The number of hydrogen-bond donors (Lipinski definition) is 0. The maximum Gasteiger partial charge on any atom is 0.338 e. The van der Waals surface area contributed by atoms with Crippen molar-refractivity contribution in [3.8, 4) is 0 Å². The molecule has 1 aromatic rings. The van der Waals surface area contributed by atoms with Gasteiger partial charge in [0.25, 0.3) is 0 Å². The van der Waals surface area contributed by atoms with Gasteiger partial charge in [0.05, 0.1) is 18.8 Å². The number of rotatable bonds is 7. The molecule has 0 spiro atoms. The van der Waals surface area contributed by atoms with Crippen LogP contribution in [-0.4, -0.2) is 25.2 Å². The maximum atomic E-state index is 11.9. The van der Waals surface area contributed by atoms with Gasteiger partial charge >= 0.3 is 11.9 Å². The average molecular weight is 278 g/mol. The molecule has 0 saturated heterocycles.